The van der Waals surface area contributed by atoms with E-state index in [2.05, 4.69) is 20.8 Å². The Morgan fingerprint density at radius 1 is 1.03 bits per heavy atom. The van der Waals surface area contributed by atoms with Crippen LogP contribution in [0.4, 0.5) is 0 Å². The second-order valence-electron chi connectivity index (χ2n) is 10.7. The predicted octanol–water partition coefficient (Wildman–Crippen LogP) is 6.15. The molecule has 6 heteroatoms. The molecule has 2 fully saturated rings. The number of rotatable bonds is 6. The maximum atomic E-state index is 13.5. The minimum Gasteiger partial charge on any atom is -0.507 e. The summed E-state index contributed by atoms with van der Waals surface area (Å²) in [5, 5.41) is 11.6. The summed E-state index contributed by atoms with van der Waals surface area (Å²) in [6, 6.07) is 12.2. The zero-order valence-electron chi connectivity index (χ0n) is 22.0. The number of Topliss-reactive ketones (excluding diaryl/α,β-unsaturated/α-hetero) is 1. The van der Waals surface area contributed by atoms with Crippen molar-refractivity contribution in [1.29, 1.82) is 0 Å². The van der Waals surface area contributed by atoms with Crippen LogP contribution in [0.5, 0.6) is 11.5 Å². The third-order valence-electron chi connectivity index (χ3n) is 7.24. The van der Waals surface area contributed by atoms with E-state index in [4.69, 9.17) is 9.47 Å². The van der Waals surface area contributed by atoms with E-state index in [0.717, 1.165) is 49.0 Å². The molecule has 192 valence electrons. The van der Waals surface area contributed by atoms with Gasteiger partial charge in [-0.15, -0.1) is 0 Å². The van der Waals surface area contributed by atoms with E-state index in [-0.39, 0.29) is 22.8 Å². The largest absolute Gasteiger partial charge is 0.507 e. The fourth-order valence-electron chi connectivity index (χ4n) is 5.40. The van der Waals surface area contributed by atoms with Gasteiger partial charge in [-0.2, -0.15) is 0 Å². The van der Waals surface area contributed by atoms with Gasteiger partial charge in [0.15, 0.2) is 0 Å². The van der Waals surface area contributed by atoms with E-state index in [1.54, 1.807) is 18.1 Å². The summed E-state index contributed by atoms with van der Waals surface area (Å²) in [6.07, 6.45) is 4.90. The van der Waals surface area contributed by atoms with Crippen molar-refractivity contribution < 1.29 is 24.2 Å². The number of ketones is 1. The number of aliphatic hydroxyl groups is 1. The minimum absolute atomic E-state index is 0.0296. The topological polar surface area (TPSA) is 76.1 Å². The molecule has 0 bridgehead atoms. The maximum Gasteiger partial charge on any atom is 0.295 e. The van der Waals surface area contributed by atoms with Crippen molar-refractivity contribution in [3.05, 3.63) is 64.7 Å². The first-order valence-corrected chi connectivity index (χ1v) is 12.9. The average molecular weight is 492 g/mol. The van der Waals surface area contributed by atoms with Gasteiger partial charge in [0, 0.05) is 17.2 Å². The summed E-state index contributed by atoms with van der Waals surface area (Å²) in [4.78, 5) is 28.6. The first-order chi connectivity index (χ1) is 17.2. The minimum atomic E-state index is -0.649. The molecule has 1 amide bonds. The molecule has 2 aliphatic rings. The first-order valence-electron chi connectivity index (χ1n) is 12.9. The number of hydrogen-bond acceptors (Lipinski definition) is 5. The van der Waals surface area contributed by atoms with Crippen LogP contribution in [-0.4, -0.2) is 41.5 Å². The molecule has 2 aromatic rings. The highest BCUT2D eigenvalue weighted by Crippen LogP contribution is 2.44. The quantitative estimate of drug-likeness (QED) is 0.298. The van der Waals surface area contributed by atoms with E-state index in [1.807, 2.05) is 43.3 Å². The van der Waals surface area contributed by atoms with Crippen LogP contribution in [0.1, 0.15) is 82.5 Å². The Morgan fingerprint density at radius 3 is 2.28 bits per heavy atom. The lowest BCUT2D eigenvalue weighted by molar-refractivity contribution is -0.141. The van der Waals surface area contributed by atoms with Gasteiger partial charge >= 0.3 is 0 Å². The first kappa shape index (κ1) is 25.8. The van der Waals surface area contributed by atoms with Gasteiger partial charge in [-0.25, -0.2) is 0 Å². The Bertz CT molecular complexity index is 1150. The summed E-state index contributed by atoms with van der Waals surface area (Å²) in [5.74, 6) is 0.114. The van der Waals surface area contributed by atoms with Crippen LogP contribution >= 0.6 is 0 Å². The summed E-state index contributed by atoms with van der Waals surface area (Å²) < 4.78 is 11.1. The molecular formula is C30H37NO5. The number of methoxy groups -OCH3 is 1. The summed E-state index contributed by atoms with van der Waals surface area (Å²) in [6.45, 7) is 8.69. The second kappa shape index (κ2) is 10.4. The number of likely N-dealkylation sites (tertiary alicyclic amines) is 1. The van der Waals surface area contributed by atoms with E-state index in [1.165, 1.54) is 0 Å². The number of nitrogens with zero attached hydrogens (tertiary/aromatic N) is 1. The standard InChI is InChI=1S/C30H37NO5/c1-6-36-24-17-14-20(18-23(24)30(2,3)4)27(32)25-26(19-12-15-22(35-5)16-13-19)31(29(34)28(25)33)21-10-8-7-9-11-21/h12-18,21,26,32H,6-11H2,1-5H3/b27-25-. The van der Waals surface area contributed by atoms with Gasteiger partial charge in [-0.05, 0) is 61.1 Å². The molecule has 1 saturated heterocycles. The Hall–Kier alpha value is -3.28. The molecule has 1 atom stereocenters. The molecule has 6 nitrogen and oxygen atoms in total. The Labute approximate surface area is 213 Å². The molecule has 0 aromatic heterocycles. The van der Waals surface area contributed by atoms with Gasteiger partial charge in [-0.3, -0.25) is 9.59 Å². The van der Waals surface area contributed by atoms with Crippen molar-refractivity contribution in [3.63, 3.8) is 0 Å². The molecule has 0 radical (unpaired) electrons. The highest BCUT2D eigenvalue weighted by molar-refractivity contribution is 6.46. The van der Waals surface area contributed by atoms with Gasteiger partial charge in [0.05, 0.1) is 25.3 Å². The summed E-state index contributed by atoms with van der Waals surface area (Å²) >= 11 is 0. The molecule has 1 heterocycles. The molecule has 36 heavy (non-hydrogen) atoms. The normalized spacial score (nSPS) is 20.6. The Balaban J connectivity index is 1.88. The third kappa shape index (κ3) is 4.86. The van der Waals surface area contributed by atoms with Gasteiger partial charge in [-0.1, -0.05) is 52.2 Å². The van der Waals surface area contributed by atoms with Gasteiger partial charge in [0.1, 0.15) is 17.3 Å². The lowest BCUT2D eigenvalue weighted by Crippen LogP contribution is -2.40. The number of amides is 1. The number of carbonyl (C=O) groups excluding carboxylic acids is 2. The number of carbonyl (C=O) groups is 2. The van der Waals surface area contributed by atoms with Crippen molar-refractivity contribution >= 4 is 17.4 Å². The average Bonchev–Trinajstić information content (AvgIpc) is 3.14. The van der Waals surface area contributed by atoms with Gasteiger partial charge < -0.3 is 19.5 Å². The number of benzene rings is 2. The molecule has 1 saturated carbocycles. The van der Waals surface area contributed by atoms with Crippen molar-refractivity contribution in [1.82, 2.24) is 4.90 Å². The highest BCUT2D eigenvalue weighted by atomic mass is 16.5. The number of ether oxygens (including phenoxy) is 2. The van der Waals surface area contributed by atoms with Crippen LogP contribution in [0.25, 0.3) is 5.76 Å². The van der Waals surface area contributed by atoms with Crippen LogP contribution in [0.2, 0.25) is 0 Å². The summed E-state index contributed by atoms with van der Waals surface area (Å²) in [7, 11) is 1.60. The van der Waals surface area contributed by atoms with E-state index < -0.39 is 17.7 Å². The van der Waals surface area contributed by atoms with Crippen molar-refractivity contribution in [2.75, 3.05) is 13.7 Å². The summed E-state index contributed by atoms with van der Waals surface area (Å²) in [5.41, 5.74) is 2.10. The molecule has 2 aromatic carbocycles. The zero-order chi connectivity index (χ0) is 26.0. The smallest absolute Gasteiger partial charge is 0.295 e. The van der Waals surface area contributed by atoms with Crippen LogP contribution < -0.4 is 9.47 Å². The zero-order valence-corrected chi connectivity index (χ0v) is 22.0. The van der Waals surface area contributed by atoms with Crippen LogP contribution in [0.3, 0.4) is 0 Å². The molecule has 1 aliphatic heterocycles. The lowest BCUT2D eigenvalue weighted by atomic mass is 9.84. The molecule has 1 unspecified atom stereocenters. The van der Waals surface area contributed by atoms with Gasteiger partial charge in [0.25, 0.3) is 11.7 Å². The number of aliphatic hydroxyl groups excluding tert-OH is 1. The Kier molecular flexibility index (Phi) is 7.43. The van der Waals surface area contributed by atoms with E-state index in [9.17, 15) is 14.7 Å². The van der Waals surface area contributed by atoms with Crippen LogP contribution in [0.15, 0.2) is 48.0 Å². The van der Waals surface area contributed by atoms with Crippen LogP contribution in [-0.2, 0) is 15.0 Å². The van der Waals surface area contributed by atoms with Crippen molar-refractivity contribution in [3.8, 4) is 11.5 Å². The van der Waals surface area contributed by atoms with Crippen molar-refractivity contribution in [2.45, 2.75) is 77.3 Å². The molecule has 1 aliphatic carbocycles. The molecule has 0 spiro atoms. The SMILES string of the molecule is CCOc1ccc(/C(O)=C2/C(=O)C(=O)N(C3CCCCC3)C2c2ccc(OC)cc2)cc1C(C)(C)C. The van der Waals surface area contributed by atoms with E-state index >= 15 is 0 Å². The molecular weight excluding hydrogens is 454 g/mol. The predicted molar refractivity (Wildman–Crippen MR) is 140 cm³/mol. The fourth-order valence-corrected chi connectivity index (χ4v) is 5.40. The van der Waals surface area contributed by atoms with Crippen molar-refractivity contribution in [2.24, 2.45) is 0 Å². The maximum absolute atomic E-state index is 13.5. The second-order valence-corrected chi connectivity index (χ2v) is 10.7. The van der Waals surface area contributed by atoms with E-state index in [0.29, 0.717) is 17.9 Å². The molecule has 4 rings (SSSR count). The third-order valence-corrected chi connectivity index (χ3v) is 7.24. The number of hydrogen-bond donors (Lipinski definition) is 1. The van der Waals surface area contributed by atoms with Gasteiger partial charge in [0.2, 0.25) is 0 Å². The highest BCUT2D eigenvalue weighted by Gasteiger charge is 2.49. The fraction of sp³-hybridized carbons (Fsp3) is 0.467. The Morgan fingerprint density at radius 2 is 1.69 bits per heavy atom. The molecule has 1 N–H and O–H groups in total. The monoisotopic (exact) mass is 491 g/mol. The lowest BCUT2D eigenvalue weighted by Gasteiger charge is -2.35. The van der Waals surface area contributed by atoms with Crippen LogP contribution in [0, 0.1) is 0 Å².